The van der Waals surface area contributed by atoms with Crippen LogP contribution < -0.4 is 5.32 Å². The van der Waals surface area contributed by atoms with Crippen molar-refractivity contribution in [1.82, 2.24) is 0 Å². The van der Waals surface area contributed by atoms with Crippen LogP contribution in [0.25, 0.3) is 11.6 Å². The van der Waals surface area contributed by atoms with Crippen molar-refractivity contribution in [2.75, 3.05) is 11.9 Å². The first-order valence-electron chi connectivity index (χ1n) is 7.93. The molecule has 0 fully saturated rings. The average Bonchev–Trinajstić information content (AvgIpc) is 2.61. The second kappa shape index (κ2) is 7.46. The van der Waals surface area contributed by atoms with E-state index in [2.05, 4.69) is 91.1 Å². The van der Waals surface area contributed by atoms with E-state index in [0.29, 0.717) is 0 Å². The number of para-hydroxylation sites is 1. The highest BCUT2D eigenvalue weighted by atomic mass is 14.9. The Morgan fingerprint density at radius 2 is 1.39 bits per heavy atom. The molecular formula is C22H21N. The first kappa shape index (κ1) is 15.1. The van der Waals surface area contributed by atoms with Crippen molar-refractivity contribution in [2.24, 2.45) is 0 Å². The van der Waals surface area contributed by atoms with Crippen LogP contribution in [0.2, 0.25) is 0 Å². The van der Waals surface area contributed by atoms with Gasteiger partial charge in [0.25, 0.3) is 0 Å². The van der Waals surface area contributed by atoms with E-state index in [1.165, 1.54) is 22.3 Å². The van der Waals surface area contributed by atoms with Gasteiger partial charge in [0.2, 0.25) is 0 Å². The van der Waals surface area contributed by atoms with Crippen LogP contribution in [0.15, 0.2) is 84.9 Å². The zero-order chi connectivity index (χ0) is 15.9. The molecule has 23 heavy (non-hydrogen) atoms. The lowest BCUT2D eigenvalue weighted by Crippen LogP contribution is -2.04. The Kier molecular flexibility index (Phi) is 4.90. The maximum atomic E-state index is 3.51. The molecule has 0 aromatic heterocycles. The molecule has 0 aliphatic heterocycles. The van der Waals surface area contributed by atoms with Crippen molar-refractivity contribution in [1.29, 1.82) is 0 Å². The summed E-state index contributed by atoms with van der Waals surface area (Å²) < 4.78 is 0. The van der Waals surface area contributed by atoms with Gasteiger partial charge < -0.3 is 5.32 Å². The van der Waals surface area contributed by atoms with Crippen LogP contribution in [0, 0.1) is 6.92 Å². The van der Waals surface area contributed by atoms with Crippen molar-refractivity contribution < 1.29 is 0 Å². The minimum Gasteiger partial charge on any atom is -0.381 e. The third-order valence-corrected chi connectivity index (χ3v) is 3.82. The molecule has 3 rings (SSSR count). The fourth-order valence-corrected chi connectivity index (χ4v) is 2.51. The predicted octanol–water partition coefficient (Wildman–Crippen LogP) is 5.65. The lowest BCUT2D eigenvalue weighted by atomic mass is 10.0. The molecule has 0 saturated carbocycles. The summed E-state index contributed by atoms with van der Waals surface area (Å²) in [5.74, 6) is 0. The Morgan fingerprint density at radius 1 is 0.783 bits per heavy atom. The first-order valence-corrected chi connectivity index (χ1v) is 7.93. The third kappa shape index (κ3) is 4.33. The summed E-state index contributed by atoms with van der Waals surface area (Å²) in [5.41, 5.74) is 6.17. The number of benzene rings is 3. The number of aryl methyl sites for hydroxylation is 1. The molecule has 1 nitrogen and oxygen atoms in total. The quantitative estimate of drug-likeness (QED) is 0.600. The molecule has 0 aliphatic rings. The predicted molar refractivity (Wildman–Crippen MR) is 100 cm³/mol. The fraction of sp³-hybridized carbons (Fsp3) is 0.0909. The maximum absolute atomic E-state index is 3.51. The molecule has 0 amide bonds. The van der Waals surface area contributed by atoms with Gasteiger partial charge in [-0.3, -0.25) is 0 Å². The fourth-order valence-electron chi connectivity index (χ4n) is 2.51. The number of anilines is 1. The molecule has 1 N–H and O–H groups in total. The molecule has 0 spiro atoms. The monoisotopic (exact) mass is 299 g/mol. The molecule has 114 valence electrons. The summed E-state index contributed by atoms with van der Waals surface area (Å²) in [6.07, 6.45) is 2.25. The third-order valence-electron chi connectivity index (χ3n) is 3.82. The van der Waals surface area contributed by atoms with Gasteiger partial charge in [-0.15, -0.1) is 0 Å². The van der Waals surface area contributed by atoms with Gasteiger partial charge in [0.15, 0.2) is 0 Å². The maximum Gasteiger partial charge on any atom is 0.0406 e. The molecule has 3 aromatic carbocycles. The van der Waals surface area contributed by atoms with Crippen LogP contribution in [0.3, 0.4) is 0 Å². The van der Waals surface area contributed by atoms with Crippen LogP contribution in [-0.4, -0.2) is 6.54 Å². The topological polar surface area (TPSA) is 12.0 Å². The highest BCUT2D eigenvalue weighted by Gasteiger charge is 2.02. The summed E-state index contributed by atoms with van der Waals surface area (Å²) in [6.45, 7) is 2.91. The van der Waals surface area contributed by atoms with Crippen LogP contribution in [0.4, 0.5) is 5.69 Å². The van der Waals surface area contributed by atoms with Crippen LogP contribution >= 0.6 is 0 Å². The van der Waals surface area contributed by atoms with E-state index in [-0.39, 0.29) is 0 Å². The minimum atomic E-state index is 0.794. The SMILES string of the molecule is Cc1ccc(/C(=C\c2ccccc2)CNc2ccccc2)cc1. The summed E-state index contributed by atoms with van der Waals surface area (Å²) >= 11 is 0. The van der Waals surface area contributed by atoms with E-state index in [4.69, 9.17) is 0 Å². The minimum absolute atomic E-state index is 0.794. The van der Waals surface area contributed by atoms with Gasteiger partial charge in [0, 0.05) is 12.2 Å². The smallest absolute Gasteiger partial charge is 0.0406 e. The lowest BCUT2D eigenvalue weighted by molar-refractivity contribution is 1.34. The molecule has 0 heterocycles. The molecule has 0 aliphatic carbocycles. The van der Waals surface area contributed by atoms with Crippen molar-refractivity contribution in [3.05, 3.63) is 102 Å². The van der Waals surface area contributed by atoms with Crippen LogP contribution in [-0.2, 0) is 0 Å². The first-order chi connectivity index (χ1) is 11.3. The van der Waals surface area contributed by atoms with Crippen molar-refractivity contribution >= 4 is 17.3 Å². The Bertz CT molecular complexity index is 756. The Labute approximate surface area is 138 Å². The van der Waals surface area contributed by atoms with Crippen molar-refractivity contribution in [3.8, 4) is 0 Å². The van der Waals surface area contributed by atoms with E-state index < -0.39 is 0 Å². The summed E-state index contributed by atoms with van der Waals surface area (Å²) in [6, 6.07) is 29.5. The zero-order valence-corrected chi connectivity index (χ0v) is 13.4. The van der Waals surface area contributed by atoms with Gasteiger partial charge in [-0.1, -0.05) is 78.4 Å². The number of hydrogen-bond acceptors (Lipinski definition) is 1. The highest BCUT2D eigenvalue weighted by Crippen LogP contribution is 2.20. The lowest BCUT2D eigenvalue weighted by Gasteiger charge is -2.12. The van der Waals surface area contributed by atoms with E-state index in [1.807, 2.05) is 12.1 Å². The second-order valence-corrected chi connectivity index (χ2v) is 5.67. The molecule has 1 heteroatoms. The molecule has 0 bridgehead atoms. The van der Waals surface area contributed by atoms with Gasteiger partial charge in [-0.2, -0.15) is 0 Å². The molecular weight excluding hydrogens is 278 g/mol. The average molecular weight is 299 g/mol. The van der Waals surface area contributed by atoms with E-state index in [1.54, 1.807) is 0 Å². The van der Waals surface area contributed by atoms with Crippen molar-refractivity contribution in [2.45, 2.75) is 6.92 Å². The molecule has 0 saturated heterocycles. The number of nitrogens with one attached hydrogen (secondary N) is 1. The van der Waals surface area contributed by atoms with E-state index >= 15 is 0 Å². The van der Waals surface area contributed by atoms with Gasteiger partial charge in [0.1, 0.15) is 0 Å². The molecule has 0 radical (unpaired) electrons. The van der Waals surface area contributed by atoms with Crippen molar-refractivity contribution in [3.63, 3.8) is 0 Å². The summed E-state index contributed by atoms with van der Waals surface area (Å²) in [4.78, 5) is 0. The highest BCUT2D eigenvalue weighted by molar-refractivity contribution is 5.83. The van der Waals surface area contributed by atoms with Gasteiger partial charge in [-0.05, 0) is 41.8 Å². The van der Waals surface area contributed by atoms with Gasteiger partial charge >= 0.3 is 0 Å². The number of hydrogen-bond donors (Lipinski definition) is 1. The Morgan fingerprint density at radius 3 is 2.04 bits per heavy atom. The Hall–Kier alpha value is -2.80. The van der Waals surface area contributed by atoms with Gasteiger partial charge in [0.05, 0.1) is 0 Å². The molecule has 3 aromatic rings. The van der Waals surface area contributed by atoms with E-state index in [9.17, 15) is 0 Å². The van der Waals surface area contributed by atoms with E-state index in [0.717, 1.165) is 12.2 Å². The Balaban J connectivity index is 1.87. The zero-order valence-electron chi connectivity index (χ0n) is 13.4. The van der Waals surface area contributed by atoms with Gasteiger partial charge in [-0.25, -0.2) is 0 Å². The molecule has 0 atom stereocenters. The normalized spacial score (nSPS) is 11.3. The number of rotatable bonds is 5. The standard InChI is InChI=1S/C22H21N/c1-18-12-14-20(15-13-18)21(16-19-8-4-2-5-9-19)17-23-22-10-6-3-7-11-22/h2-16,23H,17H2,1H3/b21-16-. The summed E-state index contributed by atoms with van der Waals surface area (Å²) in [7, 11) is 0. The largest absolute Gasteiger partial charge is 0.381 e. The second-order valence-electron chi connectivity index (χ2n) is 5.67. The van der Waals surface area contributed by atoms with Crippen LogP contribution in [0.5, 0.6) is 0 Å². The molecule has 0 unspecified atom stereocenters. The van der Waals surface area contributed by atoms with Crippen LogP contribution in [0.1, 0.15) is 16.7 Å². The summed E-state index contributed by atoms with van der Waals surface area (Å²) in [5, 5.41) is 3.51.